The molecule has 8 heteroatoms. The van der Waals surface area contributed by atoms with E-state index in [1.165, 1.54) is 17.4 Å². The van der Waals surface area contributed by atoms with E-state index in [4.69, 9.17) is 11.6 Å². The number of nitro benzene ring substituents is 1. The molecule has 1 heterocycles. The molecule has 3 aromatic rings. The first-order valence-corrected chi connectivity index (χ1v) is 9.30. The third-order valence-corrected chi connectivity index (χ3v) is 5.59. The van der Waals surface area contributed by atoms with Gasteiger partial charge in [-0.25, -0.2) is 4.98 Å². The number of carbonyl (C=O) groups is 1. The van der Waals surface area contributed by atoms with Crippen LogP contribution in [0.15, 0.2) is 42.5 Å². The second kappa shape index (κ2) is 7.85. The molecule has 27 heavy (non-hydrogen) atoms. The topological polar surface area (TPSA) is 85.1 Å². The largest absolute Gasteiger partial charge is 0.347 e. The first kappa shape index (κ1) is 19.0. The lowest BCUT2D eigenvalue weighted by molar-refractivity contribution is -0.385. The maximum absolute atomic E-state index is 12.4. The van der Waals surface area contributed by atoms with Gasteiger partial charge in [0.15, 0.2) is 0 Å². The molecule has 6 nitrogen and oxygen atoms in total. The molecule has 0 radical (unpaired) electrons. The van der Waals surface area contributed by atoms with Gasteiger partial charge < -0.3 is 5.32 Å². The van der Waals surface area contributed by atoms with E-state index in [9.17, 15) is 14.9 Å². The summed E-state index contributed by atoms with van der Waals surface area (Å²) in [5.74, 6) is -0.370. The van der Waals surface area contributed by atoms with Gasteiger partial charge in [0.25, 0.3) is 11.6 Å². The minimum Gasteiger partial charge on any atom is -0.347 e. The highest BCUT2D eigenvalue weighted by atomic mass is 35.5. The van der Waals surface area contributed by atoms with Crippen LogP contribution in [0.5, 0.6) is 0 Å². The van der Waals surface area contributed by atoms with Crippen molar-refractivity contribution in [2.24, 2.45) is 0 Å². The van der Waals surface area contributed by atoms with Crippen LogP contribution in [0.2, 0.25) is 5.02 Å². The predicted octanol–water partition coefficient (Wildman–Crippen LogP) is 4.92. The maximum Gasteiger partial charge on any atom is 0.273 e. The number of carbonyl (C=O) groups excluding carboxylic acids is 1. The van der Waals surface area contributed by atoms with Gasteiger partial charge in [-0.3, -0.25) is 14.9 Å². The van der Waals surface area contributed by atoms with Crippen LogP contribution >= 0.6 is 22.9 Å². The molecule has 3 rings (SSSR count). The highest BCUT2D eigenvalue weighted by Gasteiger charge is 2.16. The zero-order valence-electron chi connectivity index (χ0n) is 14.7. The number of halogens is 1. The second-order valence-electron chi connectivity index (χ2n) is 5.95. The average molecular weight is 402 g/mol. The molecule has 0 aliphatic carbocycles. The Morgan fingerprint density at radius 2 is 2.00 bits per heavy atom. The van der Waals surface area contributed by atoms with Crippen LogP contribution in [0, 0.1) is 24.0 Å². The van der Waals surface area contributed by atoms with E-state index in [0.717, 1.165) is 21.1 Å². The fourth-order valence-corrected chi connectivity index (χ4v) is 3.87. The van der Waals surface area contributed by atoms with E-state index in [0.29, 0.717) is 10.6 Å². The van der Waals surface area contributed by atoms with Gasteiger partial charge in [-0.2, -0.15) is 0 Å². The molecule has 138 valence electrons. The Hall–Kier alpha value is -2.77. The molecule has 1 N–H and O–H groups in total. The fourth-order valence-electron chi connectivity index (χ4n) is 2.55. The highest BCUT2D eigenvalue weighted by Crippen LogP contribution is 2.32. The number of benzene rings is 2. The number of nitrogens with zero attached hydrogens (tertiary/aromatic N) is 2. The van der Waals surface area contributed by atoms with Crippen LogP contribution in [-0.4, -0.2) is 15.8 Å². The maximum atomic E-state index is 12.4. The number of hydrogen-bond acceptors (Lipinski definition) is 5. The molecule has 0 aliphatic rings. The monoisotopic (exact) mass is 401 g/mol. The van der Waals surface area contributed by atoms with Crippen molar-refractivity contribution in [2.75, 3.05) is 0 Å². The zero-order chi connectivity index (χ0) is 19.6. The Bertz CT molecular complexity index is 1030. The van der Waals surface area contributed by atoms with Gasteiger partial charge in [-0.1, -0.05) is 35.9 Å². The van der Waals surface area contributed by atoms with Crippen LogP contribution in [0.4, 0.5) is 5.69 Å². The summed E-state index contributed by atoms with van der Waals surface area (Å²) >= 11 is 7.68. The molecule has 0 atom stereocenters. The Morgan fingerprint density at radius 3 is 2.70 bits per heavy atom. The Labute approximate surface area is 165 Å². The molecule has 2 aromatic carbocycles. The number of aryl methyl sites for hydroxylation is 2. The van der Waals surface area contributed by atoms with Crippen LogP contribution in [0.25, 0.3) is 10.6 Å². The smallest absolute Gasteiger partial charge is 0.273 e. The molecule has 0 saturated heterocycles. The van der Waals surface area contributed by atoms with Crippen LogP contribution in [0.3, 0.4) is 0 Å². The Morgan fingerprint density at radius 1 is 1.26 bits per heavy atom. The highest BCUT2D eigenvalue weighted by molar-refractivity contribution is 7.15. The standard InChI is InChI=1S/C19H16ClN3O3S/c1-11-7-8-13(9-16(11)23(25)26)18(24)21-10-17-12(2)22-19(27-17)14-5-3-4-6-15(14)20/h3-9H,10H2,1-2H3,(H,21,24). The normalized spacial score (nSPS) is 10.6. The van der Waals surface area contributed by atoms with Crippen LogP contribution in [-0.2, 0) is 6.54 Å². The van der Waals surface area contributed by atoms with E-state index >= 15 is 0 Å². The fraction of sp³-hybridized carbons (Fsp3) is 0.158. The predicted molar refractivity (Wildman–Crippen MR) is 106 cm³/mol. The summed E-state index contributed by atoms with van der Waals surface area (Å²) in [6.45, 7) is 3.79. The number of nitrogens with one attached hydrogen (secondary N) is 1. The van der Waals surface area contributed by atoms with Gasteiger partial charge in [-0.05, 0) is 26.0 Å². The van der Waals surface area contributed by atoms with Crippen molar-refractivity contribution in [3.05, 3.63) is 79.3 Å². The number of amides is 1. The van der Waals surface area contributed by atoms with Crippen LogP contribution < -0.4 is 5.32 Å². The quantitative estimate of drug-likeness (QED) is 0.485. The summed E-state index contributed by atoms with van der Waals surface area (Å²) < 4.78 is 0. The van der Waals surface area contributed by atoms with Gasteiger partial charge in [0.1, 0.15) is 5.01 Å². The van der Waals surface area contributed by atoms with E-state index in [-0.39, 0.29) is 23.7 Å². The summed E-state index contributed by atoms with van der Waals surface area (Å²) in [5.41, 5.74) is 2.35. The molecule has 0 aliphatic heterocycles. The van der Waals surface area contributed by atoms with E-state index in [1.54, 1.807) is 25.1 Å². The molecule has 1 amide bonds. The van der Waals surface area contributed by atoms with Gasteiger partial charge >= 0.3 is 0 Å². The molecule has 1 aromatic heterocycles. The average Bonchev–Trinajstić information content (AvgIpc) is 3.00. The SMILES string of the molecule is Cc1ccc(C(=O)NCc2sc(-c3ccccc3Cl)nc2C)cc1[N+](=O)[O-]. The summed E-state index contributed by atoms with van der Waals surface area (Å²) in [6, 6.07) is 11.9. The van der Waals surface area contributed by atoms with Gasteiger partial charge in [0.05, 0.1) is 22.2 Å². The lowest BCUT2D eigenvalue weighted by Gasteiger charge is -2.05. The molecule has 0 saturated carbocycles. The number of aromatic nitrogens is 1. The summed E-state index contributed by atoms with van der Waals surface area (Å²) in [4.78, 5) is 28.4. The summed E-state index contributed by atoms with van der Waals surface area (Å²) in [6.07, 6.45) is 0. The number of nitro groups is 1. The van der Waals surface area contributed by atoms with Crippen molar-refractivity contribution in [3.8, 4) is 10.6 Å². The third kappa shape index (κ3) is 4.15. The van der Waals surface area contributed by atoms with Gasteiger partial charge in [-0.15, -0.1) is 11.3 Å². The summed E-state index contributed by atoms with van der Waals surface area (Å²) in [5, 5.41) is 15.2. The molecular weight excluding hydrogens is 386 g/mol. The van der Waals surface area contributed by atoms with Crippen molar-refractivity contribution in [2.45, 2.75) is 20.4 Å². The van der Waals surface area contributed by atoms with E-state index in [2.05, 4.69) is 10.3 Å². The van der Waals surface area contributed by atoms with Crippen molar-refractivity contribution in [1.82, 2.24) is 10.3 Å². The van der Waals surface area contributed by atoms with E-state index in [1.807, 2.05) is 25.1 Å². The van der Waals surface area contributed by atoms with E-state index < -0.39 is 4.92 Å². The van der Waals surface area contributed by atoms with Gasteiger partial charge in [0, 0.05) is 27.6 Å². The number of hydrogen-bond donors (Lipinski definition) is 1. The molecule has 0 spiro atoms. The van der Waals surface area contributed by atoms with Crippen molar-refractivity contribution in [3.63, 3.8) is 0 Å². The first-order valence-electron chi connectivity index (χ1n) is 8.11. The van der Waals surface area contributed by atoms with Crippen molar-refractivity contribution < 1.29 is 9.72 Å². The van der Waals surface area contributed by atoms with Gasteiger partial charge in [0.2, 0.25) is 0 Å². The lowest BCUT2D eigenvalue weighted by Crippen LogP contribution is -2.22. The molecule has 0 fully saturated rings. The third-order valence-electron chi connectivity index (χ3n) is 4.07. The molecule has 0 unspecified atom stereocenters. The Balaban J connectivity index is 1.76. The minimum atomic E-state index is -0.491. The first-order chi connectivity index (χ1) is 12.9. The molecule has 0 bridgehead atoms. The second-order valence-corrected chi connectivity index (χ2v) is 7.44. The minimum absolute atomic E-state index is 0.0716. The lowest BCUT2D eigenvalue weighted by atomic mass is 10.1. The zero-order valence-corrected chi connectivity index (χ0v) is 16.2. The Kier molecular flexibility index (Phi) is 5.53. The van der Waals surface area contributed by atoms with Crippen molar-refractivity contribution >= 4 is 34.5 Å². The van der Waals surface area contributed by atoms with Crippen molar-refractivity contribution in [1.29, 1.82) is 0 Å². The summed E-state index contributed by atoms with van der Waals surface area (Å²) in [7, 11) is 0. The van der Waals surface area contributed by atoms with Crippen LogP contribution in [0.1, 0.15) is 26.5 Å². The molecular formula is C19H16ClN3O3S. The number of rotatable bonds is 5. The number of thiazole rings is 1.